The van der Waals surface area contributed by atoms with E-state index in [1.54, 1.807) is 24.3 Å². The van der Waals surface area contributed by atoms with Crippen molar-refractivity contribution < 1.29 is 14.0 Å². The van der Waals surface area contributed by atoms with Crippen LogP contribution in [0, 0.1) is 0 Å². The fourth-order valence-corrected chi connectivity index (χ4v) is 3.03. The maximum Gasteiger partial charge on any atom is 0.190 e. The van der Waals surface area contributed by atoms with Gasteiger partial charge in [0.15, 0.2) is 10.9 Å². The van der Waals surface area contributed by atoms with Gasteiger partial charge in [0.2, 0.25) is 0 Å². The lowest BCUT2D eigenvalue weighted by Crippen LogP contribution is -2.11. The molecule has 4 nitrogen and oxygen atoms in total. The van der Waals surface area contributed by atoms with Gasteiger partial charge in [-0.1, -0.05) is 30.7 Å². The number of hydrogen-bond acceptors (Lipinski definition) is 5. The van der Waals surface area contributed by atoms with Crippen LogP contribution in [0.2, 0.25) is 5.02 Å². The minimum absolute atomic E-state index is 0.144. The fourth-order valence-electron chi connectivity index (χ4n) is 2.17. The Labute approximate surface area is 170 Å². The molecule has 0 aliphatic carbocycles. The van der Waals surface area contributed by atoms with E-state index in [0.29, 0.717) is 21.4 Å². The standard InChI is InChI=1S/C16H13ClO3S.C5H13N/c1-10(18)16(21-11(2)19)9-12-7-8-15(20-12)13-5-3-4-6-14(13)17;1-4-5-6(2)3/h3-9H,1-2H3;4-5H2,1-3H3/b16-9-;. The lowest BCUT2D eigenvalue weighted by Gasteiger charge is -2.03. The van der Waals surface area contributed by atoms with E-state index < -0.39 is 0 Å². The van der Waals surface area contributed by atoms with Crippen LogP contribution < -0.4 is 0 Å². The van der Waals surface area contributed by atoms with Gasteiger partial charge in [-0.15, -0.1) is 0 Å². The first-order valence-electron chi connectivity index (χ1n) is 8.65. The molecular weight excluding hydrogens is 382 g/mol. The van der Waals surface area contributed by atoms with Crippen LogP contribution in [-0.4, -0.2) is 36.4 Å². The number of carbonyl (C=O) groups excluding carboxylic acids is 2. The number of thioether (sulfide) groups is 1. The molecule has 0 bridgehead atoms. The predicted octanol–water partition coefficient (Wildman–Crippen LogP) is 5.77. The summed E-state index contributed by atoms with van der Waals surface area (Å²) in [6.45, 7) is 6.22. The van der Waals surface area contributed by atoms with Gasteiger partial charge in [-0.05, 0) is 76.1 Å². The van der Waals surface area contributed by atoms with E-state index in [9.17, 15) is 9.59 Å². The Morgan fingerprint density at radius 3 is 2.30 bits per heavy atom. The highest BCUT2D eigenvalue weighted by Gasteiger charge is 2.11. The Kier molecular flexibility index (Phi) is 10.1. The average Bonchev–Trinajstić information content (AvgIpc) is 3.03. The zero-order valence-corrected chi connectivity index (χ0v) is 18.0. The number of halogens is 1. The van der Waals surface area contributed by atoms with Crippen molar-refractivity contribution >= 4 is 40.3 Å². The molecule has 0 atom stereocenters. The van der Waals surface area contributed by atoms with Gasteiger partial charge in [0.1, 0.15) is 11.5 Å². The number of Topliss-reactive ketones (excluding diaryl/α,β-unsaturated/α-hetero) is 1. The monoisotopic (exact) mass is 407 g/mol. The average molecular weight is 408 g/mol. The number of allylic oxidation sites excluding steroid dienone is 1. The van der Waals surface area contributed by atoms with E-state index in [1.165, 1.54) is 26.8 Å². The molecule has 1 aromatic heterocycles. The molecule has 27 heavy (non-hydrogen) atoms. The van der Waals surface area contributed by atoms with Crippen molar-refractivity contribution in [1.82, 2.24) is 4.90 Å². The molecule has 0 N–H and O–H groups in total. The van der Waals surface area contributed by atoms with Crippen LogP contribution in [0.15, 0.2) is 45.7 Å². The summed E-state index contributed by atoms with van der Waals surface area (Å²) in [6.07, 6.45) is 2.82. The zero-order chi connectivity index (χ0) is 20.4. The minimum atomic E-state index is -0.175. The van der Waals surface area contributed by atoms with Crippen molar-refractivity contribution in [2.24, 2.45) is 0 Å². The summed E-state index contributed by atoms with van der Waals surface area (Å²) >= 11 is 7.01. The number of carbonyl (C=O) groups is 2. The molecule has 0 spiro atoms. The Balaban J connectivity index is 0.000000527. The van der Waals surface area contributed by atoms with E-state index in [4.69, 9.17) is 16.0 Å². The lowest BCUT2D eigenvalue weighted by molar-refractivity contribution is -0.113. The summed E-state index contributed by atoms with van der Waals surface area (Å²) in [5.74, 6) is 0.942. The molecule has 1 aromatic carbocycles. The summed E-state index contributed by atoms with van der Waals surface area (Å²) < 4.78 is 5.68. The quantitative estimate of drug-likeness (QED) is 0.569. The molecule has 0 aliphatic rings. The largest absolute Gasteiger partial charge is 0.457 e. The number of hydrogen-bond donors (Lipinski definition) is 0. The topological polar surface area (TPSA) is 50.5 Å². The van der Waals surface area contributed by atoms with Crippen LogP contribution in [0.1, 0.15) is 33.0 Å². The normalized spacial score (nSPS) is 11.1. The zero-order valence-electron chi connectivity index (χ0n) is 16.4. The summed E-state index contributed by atoms with van der Waals surface area (Å²) in [5, 5.41) is 0.446. The first-order valence-corrected chi connectivity index (χ1v) is 9.84. The van der Waals surface area contributed by atoms with E-state index in [0.717, 1.165) is 17.3 Å². The van der Waals surface area contributed by atoms with E-state index >= 15 is 0 Å². The molecule has 0 saturated carbocycles. The fraction of sp³-hybridized carbons (Fsp3) is 0.333. The van der Waals surface area contributed by atoms with Crippen LogP contribution in [0.25, 0.3) is 17.4 Å². The molecule has 1 heterocycles. The maximum absolute atomic E-state index is 11.5. The molecule has 0 saturated heterocycles. The van der Waals surface area contributed by atoms with Crippen molar-refractivity contribution in [3.63, 3.8) is 0 Å². The summed E-state index contributed by atoms with van der Waals surface area (Å²) in [5.41, 5.74) is 0.780. The number of furan rings is 1. The third-order valence-corrected chi connectivity index (χ3v) is 4.55. The highest BCUT2D eigenvalue weighted by molar-refractivity contribution is 8.17. The van der Waals surface area contributed by atoms with Crippen LogP contribution in [-0.2, 0) is 9.59 Å². The molecule has 0 aliphatic heterocycles. The Morgan fingerprint density at radius 1 is 1.15 bits per heavy atom. The molecular formula is C21H26ClNO3S. The van der Waals surface area contributed by atoms with Gasteiger partial charge in [0.25, 0.3) is 0 Å². The molecule has 146 valence electrons. The first-order chi connectivity index (χ1) is 12.7. The summed E-state index contributed by atoms with van der Waals surface area (Å²) in [4.78, 5) is 25.2. The first kappa shape index (κ1) is 23.2. The van der Waals surface area contributed by atoms with Gasteiger partial charge in [-0.25, -0.2) is 0 Å². The van der Waals surface area contributed by atoms with Gasteiger partial charge >= 0.3 is 0 Å². The summed E-state index contributed by atoms with van der Waals surface area (Å²) in [6, 6.07) is 10.9. The van der Waals surface area contributed by atoms with Gasteiger partial charge in [-0.3, -0.25) is 9.59 Å². The van der Waals surface area contributed by atoms with Crippen LogP contribution in [0.5, 0.6) is 0 Å². The predicted molar refractivity (Wildman–Crippen MR) is 115 cm³/mol. The van der Waals surface area contributed by atoms with Crippen LogP contribution in [0.4, 0.5) is 0 Å². The van der Waals surface area contributed by atoms with E-state index in [-0.39, 0.29) is 10.9 Å². The smallest absolute Gasteiger partial charge is 0.190 e. The molecule has 0 amide bonds. The van der Waals surface area contributed by atoms with E-state index in [1.807, 2.05) is 18.2 Å². The lowest BCUT2D eigenvalue weighted by atomic mass is 10.2. The number of nitrogens with zero attached hydrogens (tertiary/aromatic N) is 1. The second-order valence-electron chi connectivity index (χ2n) is 6.14. The van der Waals surface area contributed by atoms with Crippen LogP contribution in [0.3, 0.4) is 0 Å². The van der Waals surface area contributed by atoms with Crippen molar-refractivity contribution in [2.75, 3.05) is 20.6 Å². The number of ketones is 1. The molecule has 0 unspecified atom stereocenters. The van der Waals surface area contributed by atoms with Gasteiger partial charge < -0.3 is 9.32 Å². The minimum Gasteiger partial charge on any atom is -0.457 e. The number of benzene rings is 1. The highest BCUT2D eigenvalue weighted by Crippen LogP contribution is 2.30. The molecule has 0 radical (unpaired) electrons. The van der Waals surface area contributed by atoms with Gasteiger partial charge in [0.05, 0.1) is 9.93 Å². The van der Waals surface area contributed by atoms with Crippen molar-refractivity contribution in [1.29, 1.82) is 0 Å². The van der Waals surface area contributed by atoms with Crippen molar-refractivity contribution in [3.8, 4) is 11.3 Å². The second kappa shape index (κ2) is 11.8. The maximum atomic E-state index is 11.5. The molecule has 6 heteroatoms. The second-order valence-corrected chi connectivity index (χ2v) is 7.77. The van der Waals surface area contributed by atoms with Crippen molar-refractivity contribution in [3.05, 3.63) is 52.1 Å². The Morgan fingerprint density at radius 2 is 1.81 bits per heavy atom. The molecule has 2 rings (SSSR count). The van der Waals surface area contributed by atoms with E-state index in [2.05, 4.69) is 25.9 Å². The van der Waals surface area contributed by atoms with Gasteiger partial charge in [0, 0.05) is 12.5 Å². The third-order valence-electron chi connectivity index (χ3n) is 3.31. The van der Waals surface area contributed by atoms with Crippen LogP contribution >= 0.6 is 23.4 Å². The Bertz CT molecular complexity index is 796. The number of rotatable bonds is 6. The molecule has 0 fully saturated rings. The SMILES string of the molecule is CC(=O)S/C(=C\c1ccc(-c2ccccc2Cl)o1)C(C)=O.CCCN(C)C. The summed E-state index contributed by atoms with van der Waals surface area (Å²) in [7, 11) is 4.17. The Hall–Kier alpha value is -1.82. The third kappa shape index (κ3) is 8.61. The molecule has 2 aromatic rings. The highest BCUT2D eigenvalue weighted by atomic mass is 35.5. The van der Waals surface area contributed by atoms with Gasteiger partial charge in [-0.2, -0.15) is 0 Å². The van der Waals surface area contributed by atoms with Crippen molar-refractivity contribution in [2.45, 2.75) is 27.2 Å².